The molecule has 25 heavy (non-hydrogen) atoms. The van der Waals surface area contributed by atoms with Gasteiger partial charge in [0.2, 0.25) is 0 Å². The third-order valence-electron chi connectivity index (χ3n) is 3.83. The van der Waals surface area contributed by atoms with Gasteiger partial charge in [0.25, 0.3) is 11.8 Å². The van der Waals surface area contributed by atoms with Gasteiger partial charge in [-0.2, -0.15) is 0 Å². The summed E-state index contributed by atoms with van der Waals surface area (Å²) in [6.45, 7) is 4.25. The quantitative estimate of drug-likeness (QED) is 0.779. The number of halogens is 2. The molecule has 2 rings (SSSR count). The molecule has 0 saturated heterocycles. The molecule has 0 aliphatic carbocycles. The van der Waals surface area contributed by atoms with E-state index in [4.69, 9.17) is 23.2 Å². The Labute approximate surface area is 157 Å². The van der Waals surface area contributed by atoms with Crippen LogP contribution in [0.15, 0.2) is 42.5 Å². The summed E-state index contributed by atoms with van der Waals surface area (Å²) in [7, 11) is 0. The van der Waals surface area contributed by atoms with E-state index in [0.29, 0.717) is 16.1 Å². The minimum Gasteiger partial charge on any atom is -0.350 e. The monoisotopic (exact) mass is 378 g/mol. The first-order valence-corrected chi connectivity index (χ1v) is 8.80. The van der Waals surface area contributed by atoms with Crippen LogP contribution in [0, 0.1) is 0 Å². The minimum absolute atomic E-state index is 0.112. The van der Waals surface area contributed by atoms with Crippen LogP contribution in [0.4, 0.5) is 0 Å². The number of carbonyl (C=O) groups is 2. The number of nitrogens with one attached hydrogen (secondary N) is 2. The molecule has 0 radical (unpaired) electrons. The summed E-state index contributed by atoms with van der Waals surface area (Å²) in [5, 5.41) is 6.26. The van der Waals surface area contributed by atoms with Crippen molar-refractivity contribution >= 4 is 35.0 Å². The Balaban J connectivity index is 2.04. The molecule has 0 bridgehead atoms. The van der Waals surface area contributed by atoms with Gasteiger partial charge < -0.3 is 10.6 Å². The predicted octanol–water partition coefficient (Wildman–Crippen LogP) is 4.45. The highest BCUT2D eigenvalue weighted by atomic mass is 35.5. The molecule has 1 atom stereocenters. The highest BCUT2D eigenvalue weighted by Gasteiger charge is 2.13. The lowest BCUT2D eigenvalue weighted by atomic mass is 10.1. The maximum atomic E-state index is 12.3. The second-order valence-corrected chi connectivity index (χ2v) is 6.55. The van der Waals surface area contributed by atoms with Gasteiger partial charge in [0.05, 0.1) is 15.6 Å². The van der Waals surface area contributed by atoms with Gasteiger partial charge >= 0.3 is 0 Å². The fraction of sp³-hybridized carbons (Fsp3) is 0.263. The van der Waals surface area contributed by atoms with Crippen molar-refractivity contribution < 1.29 is 9.59 Å². The maximum Gasteiger partial charge on any atom is 0.253 e. The summed E-state index contributed by atoms with van der Waals surface area (Å²) in [5.74, 6) is -0.442. The molecule has 132 valence electrons. The van der Waals surface area contributed by atoms with Gasteiger partial charge in [-0.25, -0.2) is 0 Å². The number of hydrogen-bond acceptors (Lipinski definition) is 2. The summed E-state index contributed by atoms with van der Waals surface area (Å²) >= 11 is 12.0. The Hall–Kier alpha value is -2.04. The Bertz CT molecular complexity index is 778. The first-order valence-electron chi connectivity index (χ1n) is 8.04. The standard InChI is InChI=1S/C19H20Cl2N2O2/c1-3-12(2)23-18(24)14-7-4-6-13(10-14)11-22-19(25)15-8-5-9-16(20)17(15)21/h4-10,12H,3,11H2,1-2H3,(H,22,25)(H,23,24). The fourth-order valence-electron chi connectivity index (χ4n) is 2.19. The van der Waals surface area contributed by atoms with Crippen molar-refractivity contribution in [2.75, 3.05) is 0 Å². The zero-order valence-electron chi connectivity index (χ0n) is 14.1. The molecular weight excluding hydrogens is 359 g/mol. The molecule has 2 aromatic carbocycles. The topological polar surface area (TPSA) is 58.2 Å². The van der Waals surface area contributed by atoms with E-state index >= 15 is 0 Å². The van der Waals surface area contributed by atoms with E-state index in [0.717, 1.165) is 12.0 Å². The van der Waals surface area contributed by atoms with Gasteiger partial charge in [-0.15, -0.1) is 0 Å². The molecular formula is C19H20Cl2N2O2. The van der Waals surface area contributed by atoms with Crippen molar-refractivity contribution in [1.29, 1.82) is 0 Å². The maximum absolute atomic E-state index is 12.3. The van der Waals surface area contributed by atoms with Gasteiger partial charge in [0, 0.05) is 18.2 Å². The second kappa shape index (κ2) is 8.88. The highest BCUT2D eigenvalue weighted by molar-refractivity contribution is 6.43. The molecule has 4 nitrogen and oxygen atoms in total. The van der Waals surface area contributed by atoms with E-state index in [1.165, 1.54) is 0 Å². The molecule has 2 amide bonds. The summed E-state index contributed by atoms with van der Waals surface area (Å²) < 4.78 is 0. The minimum atomic E-state index is -0.318. The highest BCUT2D eigenvalue weighted by Crippen LogP contribution is 2.25. The van der Waals surface area contributed by atoms with Crippen molar-refractivity contribution in [3.8, 4) is 0 Å². The summed E-state index contributed by atoms with van der Waals surface area (Å²) in [6.07, 6.45) is 0.863. The predicted molar refractivity (Wildman–Crippen MR) is 101 cm³/mol. The SMILES string of the molecule is CCC(C)NC(=O)c1cccc(CNC(=O)c2cccc(Cl)c2Cl)c1. The molecule has 0 saturated carbocycles. The molecule has 0 spiro atoms. The van der Waals surface area contributed by atoms with Gasteiger partial charge in [0.1, 0.15) is 0 Å². The third kappa shape index (κ3) is 5.21. The lowest BCUT2D eigenvalue weighted by Gasteiger charge is -2.12. The van der Waals surface area contributed by atoms with Crippen LogP contribution in [-0.2, 0) is 6.54 Å². The largest absolute Gasteiger partial charge is 0.350 e. The molecule has 0 aliphatic heterocycles. The second-order valence-electron chi connectivity index (χ2n) is 5.77. The third-order valence-corrected chi connectivity index (χ3v) is 4.65. The molecule has 6 heteroatoms. The van der Waals surface area contributed by atoms with Crippen molar-refractivity contribution in [1.82, 2.24) is 10.6 Å². The van der Waals surface area contributed by atoms with Gasteiger partial charge in [-0.1, -0.05) is 48.3 Å². The first kappa shape index (κ1) is 19.3. The van der Waals surface area contributed by atoms with E-state index in [2.05, 4.69) is 10.6 Å². The van der Waals surface area contributed by atoms with Crippen molar-refractivity contribution in [3.05, 3.63) is 69.2 Å². The molecule has 0 aromatic heterocycles. The van der Waals surface area contributed by atoms with Crippen molar-refractivity contribution in [3.63, 3.8) is 0 Å². The number of hydrogen-bond donors (Lipinski definition) is 2. The Morgan fingerprint density at radius 1 is 1.08 bits per heavy atom. The molecule has 2 N–H and O–H groups in total. The Kier molecular flexibility index (Phi) is 6.85. The average molecular weight is 379 g/mol. The average Bonchev–Trinajstić information content (AvgIpc) is 2.62. The molecule has 1 unspecified atom stereocenters. The van der Waals surface area contributed by atoms with Crippen LogP contribution in [0.25, 0.3) is 0 Å². The number of carbonyl (C=O) groups excluding carboxylic acids is 2. The normalized spacial score (nSPS) is 11.7. The van der Waals surface area contributed by atoms with Crippen molar-refractivity contribution in [2.45, 2.75) is 32.9 Å². The molecule has 0 fully saturated rings. The van der Waals surface area contributed by atoms with Crippen LogP contribution in [0.2, 0.25) is 10.0 Å². The fourth-order valence-corrected chi connectivity index (χ4v) is 2.57. The van der Waals surface area contributed by atoms with Crippen LogP contribution >= 0.6 is 23.2 Å². The molecule has 0 aliphatic rings. The lowest BCUT2D eigenvalue weighted by molar-refractivity contribution is 0.0936. The van der Waals surface area contributed by atoms with Crippen LogP contribution in [-0.4, -0.2) is 17.9 Å². The summed E-state index contributed by atoms with van der Waals surface area (Å²) in [4.78, 5) is 24.4. The zero-order valence-corrected chi connectivity index (χ0v) is 15.6. The zero-order chi connectivity index (χ0) is 18.4. The van der Waals surface area contributed by atoms with Crippen LogP contribution in [0.1, 0.15) is 46.5 Å². The number of amides is 2. The van der Waals surface area contributed by atoms with Gasteiger partial charge in [-0.05, 0) is 43.2 Å². The van der Waals surface area contributed by atoms with Crippen LogP contribution in [0.5, 0.6) is 0 Å². The Morgan fingerprint density at radius 2 is 1.80 bits per heavy atom. The lowest BCUT2D eigenvalue weighted by Crippen LogP contribution is -2.32. The Morgan fingerprint density at radius 3 is 2.52 bits per heavy atom. The van der Waals surface area contributed by atoms with Crippen LogP contribution < -0.4 is 10.6 Å². The summed E-state index contributed by atoms with van der Waals surface area (Å²) in [5.41, 5.74) is 1.70. The van der Waals surface area contributed by atoms with E-state index < -0.39 is 0 Å². The number of rotatable bonds is 6. The first-order chi connectivity index (χ1) is 11.9. The van der Waals surface area contributed by atoms with E-state index in [9.17, 15) is 9.59 Å². The summed E-state index contributed by atoms with van der Waals surface area (Å²) in [6, 6.07) is 12.2. The van der Waals surface area contributed by atoms with Gasteiger partial charge in [-0.3, -0.25) is 9.59 Å². The van der Waals surface area contributed by atoms with Gasteiger partial charge in [0.15, 0.2) is 0 Å². The number of benzene rings is 2. The molecule has 2 aromatic rings. The van der Waals surface area contributed by atoms with Crippen LogP contribution in [0.3, 0.4) is 0 Å². The molecule has 0 heterocycles. The van der Waals surface area contributed by atoms with E-state index in [1.807, 2.05) is 19.9 Å². The van der Waals surface area contributed by atoms with E-state index in [-0.39, 0.29) is 29.4 Å². The van der Waals surface area contributed by atoms with E-state index in [1.54, 1.807) is 36.4 Å². The van der Waals surface area contributed by atoms with Crippen molar-refractivity contribution in [2.24, 2.45) is 0 Å². The smallest absolute Gasteiger partial charge is 0.253 e.